The lowest BCUT2D eigenvalue weighted by Crippen LogP contribution is -2.46. The molecule has 0 radical (unpaired) electrons. The van der Waals surface area contributed by atoms with Crippen LogP contribution in [0.2, 0.25) is 0 Å². The van der Waals surface area contributed by atoms with Crippen LogP contribution >= 0.6 is 127 Å². The Morgan fingerprint density at radius 1 is 0.656 bits per heavy atom. The Balaban J connectivity index is 2.33. The number of carbonyl (C=O) groups excluding carboxylic acids is 4. The fourth-order valence-corrected chi connectivity index (χ4v) is 7.10. The van der Waals surface area contributed by atoms with E-state index in [1.54, 1.807) is 6.92 Å². The molecule has 2 amide bonds. The van der Waals surface area contributed by atoms with Crippen LogP contribution in [0.3, 0.4) is 0 Å². The second-order valence-corrected chi connectivity index (χ2v) is 12.4. The minimum absolute atomic E-state index is 0.0837. The van der Waals surface area contributed by atoms with E-state index in [2.05, 4.69) is 138 Å². The van der Waals surface area contributed by atoms with Gasteiger partial charge in [-0.2, -0.15) is 0 Å². The number of rotatable bonds is 6. The summed E-state index contributed by atoms with van der Waals surface area (Å²) in [5.74, 6) is -1.19. The van der Waals surface area contributed by atoms with Crippen LogP contribution in [0.1, 0.15) is 48.4 Å². The Kier molecular flexibility index (Phi) is 10.8. The summed E-state index contributed by atoms with van der Waals surface area (Å²) < 4.78 is 2.02. The van der Waals surface area contributed by atoms with Crippen molar-refractivity contribution in [2.75, 3.05) is 0 Å². The van der Waals surface area contributed by atoms with Gasteiger partial charge in [-0.3, -0.25) is 19.2 Å². The first-order valence-electron chi connectivity index (χ1n) is 8.14. The molecular formula is C18H8Br8N2O4. The Morgan fingerprint density at radius 2 is 0.969 bits per heavy atom. The Bertz CT molecular complexity index is 1080. The molecule has 6 nitrogen and oxygen atoms in total. The second-order valence-electron chi connectivity index (χ2n) is 6.03. The van der Waals surface area contributed by atoms with Crippen molar-refractivity contribution in [3.8, 4) is 0 Å². The zero-order chi connectivity index (χ0) is 24.5. The molecule has 170 valence electrons. The Morgan fingerprint density at radius 3 is 1.25 bits per heavy atom. The van der Waals surface area contributed by atoms with Crippen molar-refractivity contribution in [1.82, 2.24) is 10.6 Å². The molecule has 0 bridgehead atoms. The first-order valence-corrected chi connectivity index (χ1v) is 14.5. The SMILES string of the molecule is CC(NC(=O)c1cc(Br)c(Br)c(Br)c1C(=O)Br)NC(=O)c1cc(Br)c(Br)c(Br)c1C(=O)Br. The summed E-state index contributed by atoms with van der Waals surface area (Å²) in [5.41, 5.74) is 0.397. The lowest BCUT2D eigenvalue weighted by Gasteiger charge is -2.19. The van der Waals surface area contributed by atoms with Crippen molar-refractivity contribution in [2.45, 2.75) is 13.1 Å². The number of carbonyl (C=O) groups is 4. The topological polar surface area (TPSA) is 92.3 Å². The molecule has 2 N–H and O–H groups in total. The summed E-state index contributed by atoms with van der Waals surface area (Å²) in [6, 6.07) is 2.97. The third kappa shape index (κ3) is 6.41. The lowest BCUT2D eigenvalue weighted by atomic mass is 10.1. The Labute approximate surface area is 249 Å². The van der Waals surface area contributed by atoms with E-state index in [-0.39, 0.29) is 22.3 Å². The average molecular weight is 956 g/mol. The van der Waals surface area contributed by atoms with E-state index in [4.69, 9.17) is 0 Å². The van der Waals surface area contributed by atoms with Gasteiger partial charge in [-0.05, 0) is 146 Å². The van der Waals surface area contributed by atoms with Crippen LogP contribution in [-0.4, -0.2) is 27.4 Å². The van der Waals surface area contributed by atoms with Crippen molar-refractivity contribution in [3.05, 3.63) is 61.2 Å². The minimum Gasteiger partial charge on any atom is -0.332 e. The quantitative estimate of drug-likeness (QED) is 0.176. The number of benzene rings is 2. The highest BCUT2D eigenvalue weighted by Gasteiger charge is 2.26. The highest BCUT2D eigenvalue weighted by molar-refractivity contribution is 9.19. The van der Waals surface area contributed by atoms with E-state index in [9.17, 15) is 19.2 Å². The number of hydrogen-bond acceptors (Lipinski definition) is 4. The summed E-state index contributed by atoms with van der Waals surface area (Å²) in [7, 11) is 0. The molecular weight excluding hydrogens is 947 g/mol. The van der Waals surface area contributed by atoms with Crippen molar-refractivity contribution >= 4 is 149 Å². The molecule has 32 heavy (non-hydrogen) atoms. The molecule has 0 spiro atoms. The van der Waals surface area contributed by atoms with E-state index >= 15 is 0 Å². The first kappa shape index (κ1) is 28.8. The van der Waals surface area contributed by atoms with Gasteiger partial charge in [0.1, 0.15) is 0 Å². The number of halogens is 8. The highest BCUT2D eigenvalue weighted by atomic mass is 79.9. The van der Waals surface area contributed by atoms with Crippen LogP contribution in [0.5, 0.6) is 0 Å². The van der Waals surface area contributed by atoms with E-state index in [1.807, 2.05) is 0 Å². The molecule has 0 fully saturated rings. The molecule has 0 unspecified atom stereocenters. The molecule has 0 aliphatic rings. The van der Waals surface area contributed by atoms with Gasteiger partial charge in [0, 0.05) is 26.8 Å². The van der Waals surface area contributed by atoms with Gasteiger partial charge in [0.05, 0.1) is 28.4 Å². The van der Waals surface area contributed by atoms with Crippen LogP contribution in [0.25, 0.3) is 0 Å². The first-order chi connectivity index (χ1) is 14.8. The second kappa shape index (κ2) is 12.0. The smallest absolute Gasteiger partial charge is 0.253 e. The van der Waals surface area contributed by atoms with Crippen molar-refractivity contribution in [3.63, 3.8) is 0 Å². The maximum Gasteiger partial charge on any atom is 0.253 e. The van der Waals surface area contributed by atoms with Crippen molar-refractivity contribution < 1.29 is 19.2 Å². The molecule has 14 heteroatoms. The predicted octanol–water partition coefficient (Wildman–Crippen LogP) is 7.84. The monoisotopic (exact) mass is 947 g/mol. The van der Waals surface area contributed by atoms with Crippen LogP contribution in [0.4, 0.5) is 0 Å². The van der Waals surface area contributed by atoms with E-state index in [0.29, 0.717) is 26.8 Å². The normalized spacial score (nSPS) is 10.8. The zero-order valence-corrected chi connectivity index (χ0v) is 28.1. The lowest BCUT2D eigenvalue weighted by molar-refractivity contribution is 0.0883. The van der Waals surface area contributed by atoms with Crippen molar-refractivity contribution in [2.24, 2.45) is 0 Å². The summed E-state index contributed by atoms with van der Waals surface area (Å²) in [6.45, 7) is 1.55. The third-order valence-electron chi connectivity index (χ3n) is 3.90. The van der Waals surface area contributed by atoms with Crippen LogP contribution in [0, 0.1) is 0 Å². The van der Waals surface area contributed by atoms with E-state index in [1.165, 1.54) is 12.1 Å². The Hall–Kier alpha value is 0.560. The van der Waals surface area contributed by atoms with Crippen LogP contribution < -0.4 is 10.6 Å². The average Bonchev–Trinajstić information content (AvgIpc) is 2.68. The molecule has 0 heterocycles. The van der Waals surface area contributed by atoms with Gasteiger partial charge >= 0.3 is 0 Å². The van der Waals surface area contributed by atoms with Gasteiger partial charge in [0.15, 0.2) is 0 Å². The summed E-state index contributed by atoms with van der Waals surface area (Å²) in [5, 5.41) is 5.25. The fourth-order valence-electron chi connectivity index (χ4n) is 2.52. The van der Waals surface area contributed by atoms with E-state index < -0.39 is 27.4 Å². The molecule has 0 saturated carbocycles. The van der Waals surface area contributed by atoms with Gasteiger partial charge in [-0.15, -0.1) is 0 Å². The summed E-state index contributed by atoms with van der Waals surface area (Å²) in [6.07, 6.45) is -0.839. The zero-order valence-electron chi connectivity index (χ0n) is 15.4. The number of hydrogen-bond donors (Lipinski definition) is 2. The molecule has 0 aromatic heterocycles. The summed E-state index contributed by atoms with van der Waals surface area (Å²) in [4.78, 5) is 49.8. The fraction of sp³-hybridized carbons (Fsp3) is 0.111. The highest BCUT2D eigenvalue weighted by Crippen LogP contribution is 2.38. The third-order valence-corrected chi connectivity index (χ3v) is 11.3. The molecule has 2 aromatic carbocycles. The number of nitrogens with one attached hydrogen (secondary N) is 2. The molecule has 0 atom stereocenters. The van der Waals surface area contributed by atoms with Crippen LogP contribution in [0.15, 0.2) is 39.0 Å². The van der Waals surface area contributed by atoms with E-state index in [0.717, 1.165) is 0 Å². The molecule has 0 aliphatic heterocycles. The largest absolute Gasteiger partial charge is 0.332 e. The van der Waals surface area contributed by atoms with Gasteiger partial charge in [0.25, 0.3) is 11.8 Å². The number of amides is 2. The predicted molar refractivity (Wildman–Crippen MR) is 150 cm³/mol. The molecule has 0 aliphatic carbocycles. The van der Waals surface area contributed by atoms with Crippen LogP contribution in [-0.2, 0) is 0 Å². The minimum atomic E-state index is -0.839. The van der Waals surface area contributed by atoms with Gasteiger partial charge < -0.3 is 10.6 Å². The maximum atomic E-state index is 12.9. The van der Waals surface area contributed by atoms with Gasteiger partial charge in [-0.25, -0.2) is 0 Å². The van der Waals surface area contributed by atoms with Gasteiger partial charge in [-0.1, -0.05) is 0 Å². The molecule has 0 saturated heterocycles. The standard InChI is InChI=1S/C18H8Br8N2O4/c1-4(27-17(31)5-2-7(19)11(21)13(23)9(5)15(25)29)28-18(32)6-3-8(20)12(22)14(24)10(6)16(26)30/h2-4H,1H3,(H,27,31)(H,28,32). The van der Waals surface area contributed by atoms with Crippen molar-refractivity contribution in [1.29, 1.82) is 0 Å². The molecule has 2 aromatic rings. The summed E-state index contributed by atoms with van der Waals surface area (Å²) >= 11 is 25.7. The molecule has 2 rings (SSSR count). The van der Waals surface area contributed by atoms with Gasteiger partial charge in [0.2, 0.25) is 9.39 Å². The maximum absolute atomic E-state index is 12.9.